The summed E-state index contributed by atoms with van der Waals surface area (Å²) >= 11 is 6.10. The van der Waals surface area contributed by atoms with Gasteiger partial charge in [-0.1, -0.05) is 11.6 Å². The Kier molecular flexibility index (Phi) is 3.59. The summed E-state index contributed by atoms with van der Waals surface area (Å²) in [7, 11) is 0. The first-order valence-corrected chi connectivity index (χ1v) is 6.35. The van der Waals surface area contributed by atoms with E-state index in [2.05, 4.69) is 16.0 Å². The Balaban J connectivity index is 2.03. The quantitative estimate of drug-likeness (QED) is 0.880. The molecule has 2 rings (SSSR count). The molecule has 1 aromatic rings. The van der Waals surface area contributed by atoms with E-state index in [0.717, 1.165) is 31.7 Å². The Morgan fingerprint density at radius 3 is 2.65 bits per heavy atom. The maximum Gasteiger partial charge on any atom is 0.147 e. The van der Waals surface area contributed by atoms with E-state index < -0.39 is 5.60 Å². The fraction of sp³-hybridized carbons (Fsp3) is 0.615. The number of anilines is 1. The molecule has 0 saturated carbocycles. The van der Waals surface area contributed by atoms with Crippen LogP contribution in [0.4, 0.5) is 5.82 Å². The molecule has 0 aliphatic carbocycles. The molecule has 93 valence electrons. The van der Waals surface area contributed by atoms with Gasteiger partial charge in [0.2, 0.25) is 0 Å². The molecule has 3 nitrogen and oxygen atoms in total. The van der Waals surface area contributed by atoms with E-state index in [-0.39, 0.29) is 0 Å². The number of halogens is 1. The van der Waals surface area contributed by atoms with Gasteiger partial charge in [-0.3, -0.25) is 0 Å². The summed E-state index contributed by atoms with van der Waals surface area (Å²) in [5.41, 5.74) is -0.590. The molecule has 0 unspecified atom stereocenters. The zero-order valence-electron chi connectivity index (χ0n) is 10.3. The third kappa shape index (κ3) is 2.90. The van der Waals surface area contributed by atoms with Crippen molar-refractivity contribution >= 4 is 17.4 Å². The molecule has 0 bridgehead atoms. The maximum atomic E-state index is 9.99. The zero-order chi connectivity index (χ0) is 12.5. The number of aromatic nitrogens is 1. The Labute approximate surface area is 107 Å². The molecular formula is C13H18ClN2O. The standard InChI is InChI=1S/C13H18ClN2O/c1-13(2,17)10-5-8-16(9-6-10)12-11(14)4-3-7-15-12/h4,7,10,17H,5-6,8-9H2,1-2H3. The van der Waals surface area contributed by atoms with Crippen LogP contribution < -0.4 is 4.90 Å². The lowest BCUT2D eigenvalue weighted by Crippen LogP contribution is -2.42. The van der Waals surface area contributed by atoms with Gasteiger partial charge in [0.15, 0.2) is 0 Å². The molecule has 1 aromatic heterocycles. The summed E-state index contributed by atoms with van der Waals surface area (Å²) in [6, 6.07) is 4.61. The Morgan fingerprint density at radius 2 is 2.12 bits per heavy atom. The highest BCUT2D eigenvalue weighted by Crippen LogP contribution is 2.31. The highest BCUT2D eigenvalue weighted by Gasteiger charge is 2.31. The zero-order valence-corrected chi connectivity index (χ0v) is 11.0. The summed E-state index contributed by atoms with van der Waals surface area (Å²) in [4.78, 5) is 6.44. The van der Waals surface area contributed by atoms with Crippen LogP contribution in [-0.4, -0.2) is 28.8 Å². The average Bonchev–Trinajstić information content (AvgIpc) is 2.29. The van der Waals surface area contributed by atoms with Gasteiger partial charge in [0.25, 0.3) is 0 Å². The first-order valence-electron chi connectivity index (χ1n) is 5.97. The van der Waals surface area contributed by atoms with Gasteiger partial charge in [-0.25, -0.2) is 4.98 Å². The van der Waals surface area contributed by atoms with Crippen LogP contribution in [0, 0.1) is 12.0 Å². The van der Waals surface area contributed by atoms with Crippen molar-refractivity contribution in [2.75, 3.05) is 18.0 Å². The van der Waals surface area contributed by atoms with Crippen molar-refractivity contribution in [3.8, 4) is 0 Å². The number of rotatable bonds is 2. The van der Waals surface area contributed by atoms with Gasteiger partial charge in [-0.2, -0.15) is 0 Å². The van der Waals surface area contributed by atoms with Gasteiger partial charge in [-0.15, -0.1) is 0 Å². The largest absolute Gasteiger partial charge is 0.390 e. The smallest absolute Gasteiger partial charge is 0.147 e. The van der Waals surface area contributed by atoms with Crippen LogP contribution in [0.1, 0.15) is 26.7 Å². The van der Waals surface area contributed by atoms with Gasteiger partial charge in [0.1, 0.15) is 5.82 Å². The van der Waals surface area contributed by atoms with E-state index in [4.69, 9.17) is 11.6 Å². The van der Waals surface area contributed by atoms with E-state index in [1.54, 1.807) is 12.3 Å². The minimum absolute atomic E-state index is 0.354. The lowest BCUT2D eigenvalue weighted by molar-refractivity contribution is 0.00646. The van der Waals surface area contributed by atoms with Gasteiger partial charge in [0, 0.05) is 25.4 Å². The summed E-state index contributed by atoms with van der Waals surface area (Å²) < 4.78 is 0. The highest BCUT2D eigenvalue weighted by molar-refractivity contribution is 6.32. The topological polar surface area (TPSA) is 36.4 Å². The van der Waals surface area contributed by atoms with E-state index >= 15 is 0 Å². The van der Waals surface area contributed by atoms with Crippen molar-refractivity contribution in [3.63, 3.8) is 0 Å². The number of aliphatic hydroxyl groups is 1. The van der Waals surface area contributed by atoms with Crippen LogP contribution in [0.3, 0.4) is 0 Å². The minimum Gasteiger partial charge on any atom is -0.390 e. The van der Waals surface area contributed by atoms with Gasteiger partial charge in [-0.05, 0) is 38.7 Å². The second-order valence-electron chi connectivity index (χ2n) is 5.16. The van der Waals surface area contributed by atoms with Crippen molar-refractivity contribution in [1.82, 2.24) is 4.98 Å². The molecule has 17 heavy (non-hydrogen) atoms. The lowest BCUT2D eigenvalue weighted by atomic mass is 9.83. The molecular weight excluding hydrogens is 236 g/mol. The van der Waals surface area contributed by atoms with Crippen molar-refractivity contribution in [2.45, 2.75) is 32.3 Å². The number of hydrogen-bond acceptors (Lipinski definition) is 3. The molecule has 1 aliphatic rings. The van der Waals surface area contributed by atoms with Crippen LogP contribution in [-0.2, 0) is 0 Å². The second kappa shape index (κ2) is 4.83. The molecule has 1 N–H and O–H groups in total. The number of nitrogens with zero attached hydrogens (tertiary/aromatic N) is 2. The molecule has 0 spiro atoms. The van der Waals surface area contributed by atoms with Crippen LogP contribution in [0.25, 0.3) is 0 Å². The van der Waals surface area contributed by atoms with Crippen LogP contribution in [0.2, 0.25) is 5.02 Å². The molecule has 1 saturated heterocycles. The SMILES string of the molecule is CC(C)(O)C1CCN(c2nc[c]cc2Cl)CC1. The van der Waals surface area contributed by atoms with Crippen LogP contribution in [0.15, 0.2) is 12.3 Å². The van der Waals surface area contributed by atoms with E-state index in [1.165, 1.54) is 0 Å². The second-order valence-corrected chi connectivity index (χ2v) is 5.56. The highest BCUT2D eigenvalue weighted by atomic mass is 35.5. The lowest BCUT2D eigenvalue weighted by Gasteiger charge is -2.38. The molecule has 0 amide bonds. The third-order valence-corrected chi connectivity index (χ3v) is 3.76. The van der Waals surface area contributed by atoms with Crippen molar-refractivity contribution in [2.24, 2.45) is 5.92 Å². The predicted octanol–water partition coefficient (Wildman–Crippen LogP) is 2.52. The van der Waals surface area contributed by atoms with E-state index in [9.17, 15) is 5.11 Å². The fourth-order valence-electron chi connectivity index (χ4n) is 2.37. The van der Waals surface area contributed by atoms with E-state index in [1.807, 2.05) is 13.8 Å². The van der Waals surface area contributed by atoms with Gasteiger partial charge >= 0.3 is 0 Å². The molecule has 1 fully saturated rings. The first kappa shape index (κ1) is 12.7. The molecule has 4 heteroatoms. The normalized spacial score (nSPS) is 18.5. The maximum absolute atomic E-state index is 9.99. The monoisotopic (exact) mass is 253 g/mol. The van der Waals surface area contributed by atoms with Gasteiger partial charge in [0.05, 0.1) is 10.6 Å². The molecule has 2 heterocycles. The van der Waals surface area contributed by atoms with E-state index in [0.29, 0.717) is 10.9 Å². The van der Waals surface area contributed by atoms with Crippen molar-refractivity contribution < 1.29 is 5.11 Å². The Hall–Kier alpha value is -0.800. The summed E-state index contributed by atoms with van der Waals surface area (Å²) in [6.07, 6.45) is 3.59. The Morgan fingerprint density at radius 1 is 1.47 bits per heavy atom. The van der Waals surface area contributed by atoms with Gasteiger partial charge < -0.3 is 10.0 Å². The number of pyridine rings is 1. The first-order chi connectivity index (χ1) is 7.98. The molecule has 0 atom stereocenters. The summed E-state index contributed by atoms with van der Waals surface area (Å²) in [5, 5.41) is 10.6. The number of hydrogen-bond donors (Lipinski definition) is 1. The van der Waals surface area contributed by atoms with Crippen molar-refractivity contribution in [3.05, 3.63) is 23.4 Å². The van der Waals surface area contributed by atoms with Crippen molar-refractivity contribution in [1.29, 1.82) is 0 Å². The molecule has 0 aromatic carbocycles. The average molecular weight is 254 g/mol. The third-order valence-electron chi connectivity index (χ3n) is 3.48. The number of piperidine rings is 1. The van der Waals surface area contributed by atoms with Crippen LogP contribution in [0.5, 0.6) is 0 Å². The van der Waals surface area contributed by atoms with Crippen LogP contribution >= 0.6 is 11.6 Å². The summed E-state index contributed by atoms with van der Waals surface area (Å²) in [5.74, 6) is 1.19. The molecule has 1 radical (unpaired) electrons. The minimum atomic E-state index is -0.590. The fourth-order valence-corrected chi connectivity index (χ4v) is 2.60. The summed E-state index contributed by atoms with van der Waals surface area (Å²) in [6.45, 7) is 5.56. The predicted molar refractivity (Wildman–Crippen MR) is 69.3 cm³/mol. The Bertz CT molecular complexity index is 381. The molecule has 1 aliphatic heterocycles.